The lowest BCUT2D eigenvalue weighted by Crippen LogP contribution is -2.21. The summed E-state index contributed by atoms with van der Waals surface area (Å²) in [5, 5.41) is 13.3. The van der Waals surface area contributed by atoms with Gasteiger partial charge in [0.25, 0.3) is 0 Å². The molecule has 0 saturated carbocycles. The molecular weight excluding hydrogens is 270 g/mol. The van der Waals surface area contributed by atoms with Crippen molar-refractivity contribution in [3.05, 3.63) is 35.9 Å². The second-order valence-corrected chi connectivity index (χ2v) is 4.67. The summed E-state index contributed by atoms with van der Waals surface area (Å²) in [5.41, 5.74) is 0.964. The third-order valence-electron chi connectivity index (χ3n) is 3.35. The number of phenolic OH excluding ortho intramolecular Hbond substituents is 1. The molecule has 1 aromatic heterocycles. The highest BCUT2D eigenvalue weighted by Crippen LogP contribution is 2.37. The number of rotatable bonds is 7. The summed E-state index contributed by atoms with van der Waals surface area (Å²) in [7, 11) is 3.03. The van der Waals surface area contributed by atoms with E-state index in [0.29, 0.717) is 18.0 Å². The number of hydrogen-bond acceptors (Lipinski definition) is 5. The van der Waals surface area contributed by atoms with Gasteiger partial charge in [-0.15, -0.1) is 0 Å². The van der Waals surface area contributed by atoms with Crippen molar-refractivity contribution in [2.24, 2.45) is 0 Å². The predicted molar refractivity (Wildman–Crippen MR) is 79.7 cm³/mol. The number of imidazole rings is 1. The Morgan fingerprint density at radius 3 is 2.43 bits per heavy atom. The molecule has 2 aromatic rings. The zero-order valence-electron chi connectivity index (χ0n) is 12.5. The van der Waals surface area contributed by atoms with Crippen molar-refractivity contribution in [2.45, 2.75) is 25.9 Å². The zero-order chi connectivity index (χ0) is 15.2. The molecule has 1 unspecified atom stereocenters. The van der Waals surface area contributed by atoms with Crippen LogP contribution in [0.2, 0.25) is 0 Å². The number of aromatic amines is 1. The number of methoxy groups -OCH3 is 2. The van der Waals surface area contributed by atoms with Gasteiger partial charge in [-0.2, -0.15) is 0 Å². The molecule has 0 bridgehead atoms. The molecule has 0 aliphatic rings. The number of benzene rings is 1. The molecular formula is C15H21N3O3. The third kappa shape index (κ3) is 3.46. The standard InChI is InChI=1S/C15H21N3O3/c1-4-11(15-16-5-6-17-15)18-9-10-7-12(20-2)14(19)13(8-10)21-3/h5-8,11,18-19H,4,9H2,1-3H3,(H,16,17). The molecule has 0 radical (unpaired) electrons. The van der Waals surface area contributed by atoms with Gasteiger partial charge in [-0.05, 0) is 24.1 Å². The summed E-state index contributed by atoms with van der Waals surface area (Å²) in [6, 6.07) is 3.73. The molecule has 114 valence electrons. The van der Waals surface area contributed by atoms with E-state index in [1.54, 1.807) is 18.3 Å². The van der Waals surface area contributed by atoms with E-state index in [-0.39, 0.29) is 11.8 Å². The van der Waals surface area contributed by atoms with Crippen molar-refractivity contribution in [3.8, 4) is 17.2 Å². The number of aromatic nitrogens is 2. The Kier molecular flexibility index (Phi) is 5.05. The van der Waals surface area contributed by atoms with Crippen LogP contribution < -0.4 is 14.8 Å². The van der Waals surface area contributed by atoms with Crippen LogP contribution >= 0.6 is 0 Å². The molecule has 2 rings (SSSR count). The number of nitrogens with one attached hydrogen (secondary N) is 2. The largest absolute Gasteiger partial charge is 0.502 e. The lowest BCUT2D eigenvalue weighted by molar-refractivity contribution is 0.338. The van der Waals surface area contributed by atoms with Crippen molar-refractivity contribution >= 4 is 0 Å². The Morgan fingerprint density at radius 2 is 1.95 bits per heavy atom. The van der Waals surface area contributed by atoms with Gasteiger partial charge in [0, 0.05) is 18.9 Å². The Balaban J connectivity index is 2.12. The van der Waals surface area contributed by atoms with Gasteiger partial charge in [-0.1, -0.05) is 6.92 Å². The monoisotopic (exact) mass is 291 g/mol. The topological polar surface area (TPSA) is 79.4 Å². The van der Waals surface area contributed by atoms with Crippen molar-refractivity contribution in [1.29, 1.82) is 0 Å². The van der Waals surface area contributed by atoms with Gasteiger partial charge in [-0.25, -0.2) is 4.98 Å². The lowest BCUT2D eigenvalue weighted by atomic mass is 10.1. The molecule has 0 saturated heterocycles. The molecule has 1 aromatic carbocycles. The molecule has 0 fully saturated rings. The van der Waals surface area contributed by atoms with Gasteiger partial charge in [0.15, 0.2) is 11.5 Å². The number of phenols is 1. The minimum absolute atomic E-state index is 0.0156. The van der Waals surface area contributed by atoms with Crippen LogP contribution in [0.25, 0.3) is 0 Å². The fraction of sp³-hybridized carbons (Fsp3) is 0.400. The van der Waals surface area contributed by atoms with E-state index in [9.17, 15) is 5.11 Å². The van der Waals surface area contributed by atoms with Crippen molar-refractivity contribution < 1.29 is 14.6 Å². The number of ether oxygens (including phenoxy) is 2. The summed E-state index contributed by atoms with van der Waals surface area (Å²) in [5.74, 6) is 1.73. The van der Waals surface area contributed by atoms with Crippen LogP contribution in [0.3, 0.4) is 0 Å². The van der Waals surface area contributed by atoms with E-state index in [1.165, 1.54) is 14.2 Å². The minimum atomic E-state index is 0.0156. The van der Waals surface area contributed by atoms with Gasteiger partial charge in [0.05, 0.1) is 20.3 Å². The first-order valence-corrected chi connectivity index (χ1v) is 6.86. The van der Waals surface area contributed by atoms with E-state index < -0.39 is 0 Å². The number of H-pyrrole nitrogens is 1. The minimum Gasteiger partial charge on any atom is -0.502 e. The highest BCUT2D eigenvalue weighted by molar-refractivity contribution is 5.52. The maximum atomic E-state index is 9.90. The maximum Gasteiger partial charge on any atom is 0.200 e. The second-order valence-electron chi connectivity index (χ2n) is 4.67. The normalized spacial score (nSPS) is 12.1. The van der Waals surface area contributed by atoms with Gasteiger partial charge >= 0.3 is 0 Å². The highest BCUT2D eigenvalue weighted by Gasteiger charge is 2.14. The highest BCUT2D eigenvalue weighted by atomic mass is 16.5. The molecule has 6 nitrogen and oxygen atoms in total. The van der Waals surface area contributed by atoms with Gasteiger partial charge in [-0.3, -0.25) is 0 Å². The van der Waals surface area contributed by atoms with Crippen molar-refractivity contribution in [2.75, 3.05) is 14.2 Å². The molecule has 3 N–H and O–H groups in total. The van der Waals surface area contributed by atoms with Crippen molar-refractivity contribution in [1.82, 2.24) is 15.3 Å². The average molecular weight is 291 g/mol. The van der Waals surface area contributed by atoms with Crippen LogP contribution in [-0.2, 0) is 6.54 Å². The molecule has 0 aliphatic carbocycles. The Bertz CT molecular complexity index is 545. The Morgan fingerprint density at radius 1 is 1.29 bits per heavy atom. The fourth-order valence-electron chi connectivity index (χ4n) is 2.19. The summed E-state index contributed by atoms with van der Waals surface area (Å²) in [4.78, 5) is 7.39. The smallest absolute Gasteiger partial charge is 0.200 e. The number of nitrogens with zero attached hydrogens (tertiary/aromatic N) is 1. The first-order chi connectivity index (χ1) is 10.2. The summed E-state index contributed by atoms with van der Waals surface area (Å²) >= 11 is 0. The van der Waals surface area contributed by atoms with E-state index >= 15 is 0 Å². The van der Waals surface area contributed by atoms with Gasteiger partial charge < -0.3 is 24.9 Å². The predicted octanol–water partition coefficient (Wildman–Crippen LogP) is 2.37. The Hall–Kier alpha value is -2.21. The van der Waals surface area contributed by atoms with E-state index in [0.717, 1.165) is 17.8 Å². The SMILES string of the molecule is CCC(NCc1cc(OC)c(O)c(OC)c1)c1ncc[nH]1. The van der Waals surface area contributed by atoms with Gasteiger partial charge in [0.2, 0.25) is 5.75 Å². The lowest BCUT2D eigenvalue weighted by Gasteiger charge is -2.16. The number of aromatic hydroxyl groups is 1. The number of hydrogen-bond donors (Lipinski definition) is 3. The van der Waals surface area contributed by atoms with E-state index in [1.807, 2.05) is 6.20 Å². The van der Waals surface area contributed by atoms with Crippen LogP contribution in [0.15, 0.2) is 24.5 Å². The van der Waals surface area contributed by atoms with Crippen LogP contribution in [-0.4, -0.2) is 29.3 Å². The van der Waals surface area contributed by atoms with Gasteiger partial charge in [0.1, 0.15) is 5.82 Å². The third-order valence-corrected chi connectivity index (χ3v) is 3.35. The summed E-state index contributed by atoms with van der Waals surface area (Å²) in [6.07, 6.45) is 4.47. The molecule has 1 heterocycles. The average Bonchev–Trinajstić information content (AvgIpc) is 3.03. The molecule has 1 atom stereocenters. The fourth-order valence-corrected chi connectivity index (χ4v) is 2.19. The molecule has 21 heavy (non-hydrogen) atoms. The first-order valence-electron chi connectivity index (χ1n) is 6.86. The molecule has 0 amide bonds. The van der Waals surface area contributed by atoms with E-state index in [2.05, 4.69) is 22.2 Å². The molecule has 0 spiro atoms. The first kappa shape index (κ1) is 15.2. The van der Waals surface area contributed by atoms with Crippen LogP contribution in [0.1, 0.15) is 30.8 Å². The van der Waals surface area contributed by atoms with E-state index in [4.69, 9.17) is 9.47 Å². The quantitative estimate of drug-likeness (QED) is 0.730. The summed E-state index contributed by atoms with van der Waals surface area (Å²) in [6.45, 7) is 2.71. The molecule has 6 heteroatoms. The maximum absolute atomic E-state index is 9.90. The molecule has 0 aliphatic heterocycles. The van der Waals surface area contributed by atoms with Crippen LogP contribution in [0, 0.1) is 0 Å². The second kappa shape index (κ2) is 6.99. The van der Waals surface area contributed by atoms with Crippen molar-refractivity contribution in [3.63, 3.8) is 0 Å². The summed E-state index contributed by atoms with van der Waals surface area (Å²) < 4.78 is 10.3. The Labute approximate surface area is 124 Å². The van der Waals surface area contributed by atoms with Crippen LogP contribution in [0.4, 0.5) is 0 Å². The van der Waals surface area contributed by atoms with Crippen LogP contribution in [0.5, 0.6) is 17.2 Å². The zero-order valence-corrected chi connectivity index (χ0v) is 12.5.